The molecular weight excluding hydrogens is 446 g/mol. The molecule has 1 N–H and O–H groups in total. The lowest BCUT2D eigenvalue weighted by molar-refractivity contribution is 0.101. The molecule has 0 aliphatic rings. The number of rotatable bonds is 5. The zero-order valence-electron chi connectivity index (χ0n) is 15.3. The van der Waals surface area contributed by atoms with Crippen molar-refractivity contribution in [2.45, 2.75) is 16.8 Å². The fraction of sp³-hybridized carbons (Fsp3) is 0.143. The van der Waals surface area contributed by atoms with Gasteiger partial charge in [0.1, 0.15) is 5.75 Å². The number of thioether (sulfide) groups is 1. The standard InChI is InChI=1S/C14H14OS.C7H2F6S/c15-14-8-6-13(7-9-14)11-16-10-12-4-2-1-3-5-12;8-3-1-2(7(12,13)14)4(9)6(11)5(3)10/h1-9,15H,10-11H2;1,14H. The van der Waals surface area contributed by atoms with Crippen LogP contribution in [0.3, 0.4) is 0 Å². The Hall–Kier alpha value is -2.26. The van der Waals surface area contributed by atoms with Crippen LogP contribution in [0.2, 0.25) is 0 Å². The van der Waals surface area contributed by atoms with Crippen LogP contribution in [0.4, 0.5) is 26.3 Å². The quantitative estimate of drug-likeness (QED) is 0.183. The average molecular weight is 462 g/mol. The minimum atomic E-state index is -4.07. The monoisotopic (exact) mass is 462 g/mol. The molecule has 30 heavy (non-hydrogen) atoms. The summed E-state index contributed by atoms with van der Waals surface area (Å²) in [5.74, 6) is -6.12. The van der Waals surface area contributed by atoms with Crippen LogP contribution < -0.4 is 0 Å². The van der Waals surface area contributed by atoms with E-state index in [1.54, 1.807) is 12.1 Å². The normalized spacial score (nSPS) is 11.0. The number of hydrogen-bond donors (Lipinski definition) is 2. The molecular formula is C21H16F6OS2. The van der Waals surface area contributed by atoms with E-state index in [0.29, 0.717) is 5.75 Å². The fourth-order valence-electron chi connectivity index (χ4n) is 2.24. The molecule has 0 aromatic heterocycles. The summed E-state index contributed by atoms with van der Waals surface area (Å²) < 4.78 is 74.5. The summed E-state index contributed by atoms with van der Waals surface area (Å²) in [6, 6.07) is 17.7. The van der Waals surface area contributed by atoms with Gasteiger partial charge in [0.2, 0.25) is 0 Å². The second-order valence-electron chi connectivity index (χ2n) is 6.03. The van der Waals surface area contributed by atoms with Crippen LogP contribution in [0, 0.1) is 23.3 Å². The second-order valence-corrected chi connectivity index (χ2v) is 7.58. The van der Waals surface area contributed by atoms with Crippen LogP contribution in [-0.4, -0.2) is 5.11 Å². The van der Waals surface area contributed by atoms with Gasteiger partial charge in [0, 0.05) is 11.5 Å². The molecule has 0 spiro atoms. The Bertz CT molecular complexity index is 960. The summed E-state index contributed by atoms with van der Waals surface area (Å²) in [5, 5.41) is 5.08. The van der Waals surface area contributed by atoms with Gasteiger partial charge in [0.15, 0.2) is 23.3 Å². The molecule has 0 amide bonds. The van der Waals surface area contributed by atoms with E-state index >= 15 is 0 Å². The lowest BCUT2D eigenvalue weighted by atomic mass is 10.2. The number of phenols is 1. The van der Waals surface area contributed by atoms with Gasteiger partial charge in [-0.15, -0.1) is 12.6 Å². The lowest BCUT2D eigenvalue weighted by Gasteiger charge is -2.11. The highest BCUT2D eigenvalue weighted by Crippen LogP contribution is 2.35. The molecule has 3 aromatic carbocycles. The molecule has 0 saturated carbocycles. The van der Waals surface area contributed by atoms with Crippen molar-refractivity contribution in [3.63, 3.8) is 0 Å². The Morgan fingerprint density at radius 1 is 0.767 bits per heavy atom. The summed E-state index contributed by atoms with van der Waals surface area (Å²) in [6.45, 7) is 0. The van der Waals surface area contributed by atoms with E-state index in [1.165, 1.54) is 11.1 Å². The molecule has 0 fully saturated rings. The Labute approximate surface area is 179 Å². The fourth-order valence-corrected chi connectivity index (χ4v) is 3.37. The molecule has 0 unspecified atom stereocenters. The Morgan fingerprint density at radius 3 is 1.83 bits per heavy atom. The van der Waals surface area contributed by atoms with Crippen molar-refractivity contribution in [3.8, 4) is 5.75 Å². The van der Waals surface area contributed by atoms with Crippen LogP contribution in [0.1, 0.15) is 16.7 Å². The van der Waals surface area contributed by atoms with E-state index < -0.39 is 34.1 Å². The smallest absolute Gasteiger partial charge is 0.319 e. The van der Waals surface area contributed by atoms with Crippen molar-refractivity contribution >= 4 is 24.4 Å². The van der Waals surface area contributed by atoms with Crippen LogP contribution >= 0.6 is 24.4 Å². The number of thiol groups is 1. The minimum Gasteiger partial charge on any atom is -0.508 e. The molecule has 0 aliphatic carbocycles. The van der Waals surface area contributed by atoms with Crippen molar-refractivity contribution < 1.29 is 31.4 Å². The zero-order chi connectivity index (χ0) is 22.3. The summed E-state index contributed by atoms with van der Waals surface area (Å²) in [6.07, 6.45) is 0. The third-order valence-corrected chi connectivity index (χ3v) is 5.06. The van der Waals surface area contributed by atoms with E-state index in [-0.39, 0.29) is 6.07 Å². The van der Waals surface area contributed by atoms with Gasteiger partial charge in [-0.1, -0.05) is 42.5 Å². The number of phenolic OH excluding ortho intramolecular Hbond substituents is 1. The number of halogens is 6. The highest BCUT2D eigenvalue weighted by atomic mass is 32.2. The van der Waals surface area contributed by atoms with Gasteiger partial charge in [-0.25, -0.2) is 17.6 Å². The molecule has 0 bridgehead atoms. The molecule has 1 nitrogen and oxygen atoms in total. The van der Waals surface area contributed by atoms with Crippen LogP contribution in [-0.2, 0) is 16.8 Å². The number of hydrogen-bond acceptors (Lipinski definition) is 3. The van der Waals surface area contributed by atoms with Crippen LogP contribution in [0.25, 0.3) is 0 Å². The predicted octanol–water partition coefficient (Wildman–Crippen LogP) is 7.05. The van der Waals surface area contributed by atoms with Crippen molar-refractivity contribution in [2.24, 2.45) is 0 Å². The van der Waals surface area contributed by atoms with Gasteiger partial charge < -0.3 is 5.11 Å². The number of aromatic hydroxyl groups is 1. The summed E-state index contributed by atoms with van der Waals surface area (Å²) in [5.41, 5.74) is 0.960. The van der Waals surface area contributed by atoms with Crippen molar-refractivity contribution in [1.29, 1.82) is 0 Å². The molecule has 0 atom stereocenters. The van der Waals surface area contributed by atoms with Crippen molar-refractivity contribution in [2.75, 3.05) is 0 Å². The highest BCUT2D eigenvalue weighted by molar-refractivity contribution is 7.97. The molecule has 3 rings (SSSR count). The predicted molar refractivity (Wildman–Crippen MR) is 109 cm³/mol. The number of alkyl halides is 2. The first-order valence-corrected chi connectivity index (χ1v) is 10.0. The molecule has 0 radical (unpaired) electrons. The average Bonchev–Trinajstić information content (AvgIpc) is 2.71. The zero-order valence-corrected chi connectivity index (χ0v) is 17.0. The van der Waals surface area contributed by atoms with Crippen molar-refractivity contribution in [3.05, 3.63) is 101 Å². The van der Waals surface area contributed by atoms with E-state index in [9.17, 15) is 26.3 Å². The lowest BCUT2D eigenvalue weighted by Crippen LogP contribution is -2.11. The minimum absolute atomic E-state index is 0.138. The Balaban J connectivity index is 0.000000216. The topological polar surface area (TPSA) is 20.2 Å². The first-order chi connectivity index (χ1) is 14.1. The molecule has 9 heteroatoms. The first-order valence-electron chi connectivity index (χ1n) is 8.42. The first kappa shape index (κ1) is 24.0. The molecule has 0 heterocycles. The summed E-state index contributed by atoms with van der Waals surface area (Å²) in [7, 11) is 0. The summed E-state index contributed by atoms with van der Waals surface area (Å²) in [4.78, 5) is 0. The van der Waals surface area contributed by atoms with Crippen LogP contribution in [0.5, 0.6) is 5.75 Å². The molecule has 0 saturated heterocycles. The van der Waals surface area contributed by atoms with Gasteiger partial charge >= 0.3 is 5.25 Å². The van der Waals surface area contributed by atoms with Gasteiger partial charge in [0.05, 0.1) is 5.56 Å². The molecule has 0 aliphatic heterocycles. The van der Waals surface area contributed by atoms with E-state index in [4.69, 9.17) is 5.11 Å². The third kappa shape index (κ3) is 6.91. The second kappa shape index (κ2) is 10.7. The highest BCUT2D eigenvalue weighted by Gasteiger charge is 2.34. The Morgan fingerprint density at radius 2 is 1.30 bits per heavy atom. The van der Waals surface area contributed by atoms with Gasteiger partial charge in [-0.2, -0.15) is 20.5 Å². The summed E-state index contributed by atoms with van der Waals surface area (Å²) >= 11 is 4.50. The van der Waals surface area contributed by atoms with Gasteiger partial charge in [-0.05, 0) is 29.3 Å². The van der Waals surface area contributed by atoms with Gasteiger partial charge in [-0.3, -0.25) is 0 Å². The van der Waals surface area contributed by atoms with E-state index in [2.05, 4.69) is 36.9 Å². The third-order valence-electron chi connectivity index (χ3n) is 3.74. The van der Waals surface area contributed by atoms with Crippen molar-refractivity contribution in [1.82, 2.24) is 0 Å². The number of benzene rings is 3. The van der Waals surface area contributed by atoms with Crippen LogP contribution in [0.15, 0.2) is 60.7 Å². The van der Waals surface area contributed by atoms with Gasteiger partial charge in [0.25, 0.3) is 0 Å². The molecule has 160 valence electrons. The maximum atomic E-state index is 12.6. The Kier molecular flexibility index (Phi) is 8.54. The maximum Gasteiger partial charge on any atom is 0.319 e. The van der Waals surface area contributed by atoms with E-state index in [0.717, 1.165) is 11.5 Å². The molecule has 3 aromatic rings. The van der Waals surface area contributed by atoms with E-state index in [1.807, 2.05) is 30.0 Å². The maximum absolute atomic E-state index is 12.6. The largest absolute Gasteiger partial charge is 0.508 e. The SMILES string of the molecule is Fc1cc(C(F)(F)S)c(F)c(F)c1F.Oc1ccc(CSCc2ccccc2)cc1.